The van der Waals surface area contributed by atoms with E-state index in [1.165, 1.54) is 19.5 Å². The van der Waals surface area contributed by atoms with E-state index in [-0.39, 0.29) is 16.9 Å². The van der Waals surface area contributed by atoms with E-state index in [2.05, 4.69) is 22.7 Å². The van der Waals surface area contributed by atoms with Gasteiger partial charge < -0.3 is 4.89 Å². The van der Waals surface area contributed by atoms with Gasteiger partial charge in [0, 0.05) is 18.7 Å². The number of hydrogen-bond donors (Lipinski definition) is 1. The molecule has 1 aliphatic rings. The maximum Gasteiger partial charge on any atom is 0.281 e. The van der Waals surface area contributed by atoms with E-state index in [1.807, 2.05) is 24.3 Å². The number of amides is 2. The van der Waals surface area contributed by atoms with E-state index in [4.69, 9.17) is 9.78 Å². The second kappa shape index (κ2) is 10.2. The Bertz CT molecular complexity index is 1070. The summed E-state index contributed by atoms with van der Waals surface area (Å²) in [6.45, 7) is 1.95. The predicted molar refractivity (Wildman–Crippen MR) is 115 cm³/mol. The van der Waals surface area contributed by atoms with Crippen molar-refractivity contribution >= 4 is 23.2 Å². The Morgan fingerprint density at radius 3 is 2.61 bits per heavy atom. The molecular formula is C23H22N4O4. The number of nitriles is 1. The molecule has 8 heteroatoms. The highest BCUT2D eigenvalue weighted by atomic mass is 17.2. The Hall–Kier alpha value is -3.96. The first-order chi connectivity index (χ1) is 15.0. The molecule has 2 amide bonds. The Labute approximate surface area is 180 Å². The summed E-state index contributed by atoms with van der Waals surface area (Å²) in [5.74, 6) is -0.746. The summed E-state index contributed by atoms with van der Waals surface area (Å²) in [6.07, 6.45) is 1.71. The van der Waals surface area contributed by atoms with Gasteiger partial charge in [-0.05, 0) is 37.5 Å². The van der Waals surface area contributed by atoms with Gasteiger partial charge in [-0.1, -0.05) is 36.4 Å². The molecule has 0 atom stereocenters. The largest absolute Gasteiger partial charge is 0.337 e. The fourth-order valence-electron chi connectivity index (χ4n) is 2.95. The second-order valence-electron chi connectivity index (χ2n) is 6.88. The number of imide groups is 1. The number of hydrazone groups is 1. The normalized spacial score (nSPS) is 15.3. The molecule has 0 fully saturated rings. The third-order valence-electron chi connectivity index (χ3n) is 4.69. The molecule has 158 valence electrons. The molecule has 0 saturated heterocycles. The molecule has 0 aliphatic carbocycles. The zero-order chi connectivity index (χ0) is 22.2. The van der Waals surface area contributed by atoms with E-state index in [1.54, 1.807) is 24.3 Å². The molecule has 2 aromatic rings. The summed E-state index contributed by atoms with van der Waals surface area (Å²) >= 11 is 0. The highest BCUT2D eigenvalue weighted by Gasteiger charge is 2.34. The van der Waals surface area contributed by atoms with Crippen molar-refractivity contribution in [2.24, 2.45) is 5.10 Å². The lowest BCUT2D eigenvalue weighted by molar-refractivity contribution is -0.207. The number of nitrogens with one attached hydrogen (secondary N) is 1. The van der Waals surface area contributed by atoms with Crippen molar-refractivity contribution in [1.82, 2.24) is 4.90 Å². The number of hydrogen-bond acceptors (Lipinski definition) is 7. The van der Waals surface area contributed by atoms with Crippen LogP contribution in [-0.4, -0.2) is 36.1 Å². The standard InChI is InChI=1S/C23H22N4O4/c1-16-20(15-24)22(28)27(2)23(29)21(16)26-25-18-11-6-12-19(14-18)31-30-13-7-10-17-8-4-3-5-9-17/h3-6,8-9,11-12,14,25H,7,10,13H2,1-2H3/b26-21-. The first kappa shape index (κ1) is 21.7. The summed E-state index contributed by atoms with van der Waals surface area (Å²) in [5.41, 5.74) is 4.69. The van der Waals surface area contributed by atoms with Gasteiger partial charge >= 0.3 is 0 Å². The Balaban J connectivity index is 1.58. The van der Waals surface area contributed by atoms with Crippen LogP contribution in [-0.2, 0) is 20.9 Å². The summed E-state index contributed by atoms with van der Waals surface area (Å²) in [6, 6.07) is 18.8. The third-order valence-corrected chi connectivity index (χ3v) is 4.69. The maximum atomic E-state index is 12.3. The Morgan fingerprint density at radius 1 is 1.10 bits per heavy atom. The van der Waals surface area contributed by atoms with E-state index in [0.29, 0.717) is 18.0 Å². The van der Waals surface area contributed by atoms with Gasteiger partial charge in [0.1, 0.15) is 11.6 Å². The molecule has 31 heavy (non-hydrogen) atoms. The maximum absolute atomic E-state index is 12.3. The number of aryl methyl sites for hydroxylation is 1. The summed E-state index contributed by atoms with van der Waals surface area (Å²) in [5, 5.41) is 13.3. The van der Waals surface area contributed by atoms with Gasteiger partial charge in [-0.25, -0.2) is 0 Å². The number of nitrogens with zero attached hydrogens (tertiary/aromatic N) is 3. The zero-order valence-electron chi connectivity index (χ0n) is 17.3. The SMILES string of the molecule is CC1=C(C#N)C(=O)N(C)C(=O)/C1=N\Nc1cccc(OOCCCc2ccccc2)c1. The minimum Gasteiger partial charge on any atom is -0.337 e. The molecule has 8 nitrogen and oxygen atoms in total. The molecule has 0 aromatic heterocycles. The van der Waals surface area contributed by atoms with Gasteiger partial charge in [-0.15, -0.1) is 0 Å². The third kappa shape index (κ3) is 5.35. The number of rotatable bonds is 8. The Kier molecular flexibility index (Phi) is 7.14. The lowest BCUT2D eigenvalue weighted by atomic mass is 10.00. The minimum atomic E-state index is -0.635. The van der Waals surface area contributed by atoms with Crippen LogP contribution in [0.5, 0.6) is 5.75 Å². The quantitative estimate of drug-likeness (QED) is 0.305. The van der Waals surface area contributed by atoms with Gasteiger partial charge in [0.25, 0.3) is 11.8 Å². The van der Waals surface area contributed by atoms with Crippen LogP contribution in [0.3, 0.4) is 0 Å². The number of carbonyl (C=O) groups excluding carboxylic acids is 2. The average molecular weight is 418 g/mol. The molecule has 2 aromatic carbocycles. The predicted octanol–water partition coefficient (Wildman–Crippen LogP) is 3.24. The fourth-order valence-corrected chi connectivity index (χ4v) is 2.95. The van der Waals surface area contributed by atoms with Gasteiger partial charge in [0.05, 0.1) is 12.3 Å². The Morgan fingerprint density at radius 2 is 1.87 bits per heavy atom. The van der Waals surface area contributed by atoms with E-state index >= 15 is 0 Å². The smallest absolute Gasteiger partial charge is 0.281 e. The van der Waals surface area contributed by atoms with Crippen LogP contribution in [0, 0.1) is 11.3 Å². The zero-order valence-corrected chi connectivity index (χ0v) is 17.3. The van der Waals surface area contributed by atoms with Crippen molar-refractivity contribution in [3.8, 4) is 11.8 Å². The van der Waals surface area contributed by atoms with Crippen LogP contribution in [0.1, 0.15) is 18.9 Å². The van der Waals surface area contributed by atoms with Crippen LogP contribution in [0.4, 0.5) is 5.69 Å². The van der Waals surface area contributed by atoms with Gasteiger partial charge in [0.15, 0.2) is 11.5 Å². The fraction of sp³-hybridized carbons (Fsp3) is 0.217. The van der Waals surface area contributed by atoms with Crippen LogP contribution < -0.4 is 10.3 Å². The van der Waals surface area contributed by atoms with Gasteiger partial charge in [-0.3, -0.25) is 19.9 Å². The van der Waals surface area contributed by atoms with Crippen molar-refractivity contribution < 1.29 is 19.4 Å². The minimum absolute atomic E-state index is 0.00198. The number of carbonyl (C=O) groups is 2. The average Bonchev–Trinajstić information content (AvgIpc) is 2.79. The number of benzene rings is 2. The molecule has 1 aliphatic heterocycles. The number of anilines is 1. The van der Waals surface area contributed by atoms with Crippen molar-refractivity contribution in [3.63, 3.8) is 0 Å². The van der Waals surface area contributed by atoms with E-state index in [0.717, 1.165) is 17.7 Å². The van der Waals surface area contributed by atoms with Crippen molar-refractivity contribution in [2.75, 3.05) is 19.1 Å². The highest BCUT2D eigenvalue weighted by molar-refractivity contribution is 6.50. The van der Waals surface area contributed by atoms with Crippen molar-refractivity contribution in [1.29, 1.82) is 5.26 Å². The molecule has 1 N–H and O–H groups in total. The molecule has 1 heterocycles. The topological polar surface area (TPSA) is 104 Å². The van der Waals surface area contributed by atoms with Crippen LogP contribution in [0.15, 0.2) is 70.8 Å². The molecule has 3 rings (SSSR count). The monoisotopic (exact) mass is 418 g/mol. The first-order valence-corrected chi connectivity index (χ1v) is 9.72. The molecule has 0 saturated carbocycles. The summed E-state index contributed by atoms with van der Waals surface area (Å²) in [4.78, 5) is 35.8. The van der Waals surface area contributed by atoms with Gasteiger partial charge in [0.2, 0.25) is 0 Å². The second-order valence-corrected chi connectivity index (χ2v) is 6.88. The molecule has 0 radical (unpaired) electrons. The van der Waals surface area contributed by atoms with Crippen LogP contribution in [0.25, 0.3) is 0 Å². The van der Waals surface area contributed by atoms with Crippen molar-refractivity contribution in [2.45, 2.75) is 19.8 Å². The number of likely N-dealkylation sites (N-methyl/N-ethyl adjacent to an activating group) is 1. The van der Waals surface area contributed by atoms with Crippen LogP contribution >= 0.6 is 0 Å². The molecule has 0 spiro atoms. The van der Waals surface area contributed by atoms with E-state index in [9.17, 15) is 14.9 Å². The molecule has 0 unspecified atom stereocenters. The summed E-state index contributed by atoms with van der Waals surface area (Å²) < 4.78 is 0. The lowest BCUT2D eigenvalue weighted by Gasteiger charge is -2.22. The highest BCUT2D eigenvalue weighted by Crippen LogP contribution is 2.20. The van der Waals surface area contributed by atoms with Crippen molar-refractivity contribution in [3.05, 3.63) is 71.3 Å². The summed E-state index contributed by atoms with van der Waals surface area (Å²) in [7, 11) is 1.31. The van der Waals surface area contributed by atoms with Crippen LogP contribution in [0.2, 0.25) is 0 Å². The molecule has 0 bridgehead atoms. The van der Waals surface area contributed by atoms with Gasteiger partial charge in [-0.2, -0.15) is 15.3 Å². The lowest BCUT2D eigenvalue weighted by Crippen LogP contribution is -2.44. The molecular weight excluding hydrogens is 396 g/mol. The van der Waals surface area contributed by atoms with E-state index < -0.39 is 11.8 Å². The first-order valence-electron chi connectivity index (χ1n) is 9.72.